The number of amides is 2. The van der Waals surface area contributed by atoms with Gasteiger partial charge < -0.3 is 10.6 Å². The highest BCUT2D eigenvalue weighted by Crippen LogP contribution is 2.32. The van der Waals surface area contributed by atoms with E-state index in [-0.39, 0.29) is 23.4 Å². The van der Waals surface area contributed by atoms with Gasteiger partial charge in [-0.1, -0.05) is 11.3 Å². The summed E-state index contributed by atoms with van der Waals surface area (Å²) in [7, 11) is 0. The number of aromatic amines is 1. The van der Waals surface area contributed by atoms with Crippen LogP contribution in [0.5, 0.6) is 0 Å². The summed E-state index contributed by atoms with van der Waals surface area (Å²) in [6, 6.07) is 3.66. The smallest absolute Gasteiger partial charge is 0.273 e. The Balaban J connectivity index is 1.47. The van der Waals surface area contributed by atoms with Crippen LogP contribution >= 0.6 is 11.3 Å². The van der Waals surface area contributed by atoms with Crippen molar-refractivity contribution < 1.29 is 9.59 Å². The first-order chi connectivity index (χ1) is 11.7. The van der Waals surface area contributed by atoms with Crippen molar-refractivity contribution in [1.82, 2.24) is 25.5 Å². The van der Waals surface area contributed by atoms with Gasteiger partial charge in [0.15, 0.2) is 16.5 Å². The lowest BCUT2D eigenvalue weighted by Gasteiger charge is -2.02. The van der Waals surface area contributed by atoms with Gasteiger partial charge in [-0.3, -0.25) is 19.7 Å². The second kappa shape index (κ2) is 6.00. The molecule has 8 nitrogen and oxygen atoms in total. The predicted molar refractivity (Wildman–Crippen MR) is 88.5 cm³/mol. The zero-order valence-corrected chi connectivity index (χ0v) is 13.4. The molecule has 1 fully saturated rings. The van der Waals surface area contributed by atoms with Crippen LogP contribution in [0.4, 0.5) is 5.13 Å². The minimum Gasteiger partial charge on any atom is -0.347 e. The molecule has 24 heavy (non-hydrogen) atoms. The summed E-state index contributed by atoms with van der Waals surface area (Å²) in [6.07, 6.45) is 5.21. The van der Waals surface area contributed by atoms with Gasteiger partial charge in [-0.2, -0.15) is 5.10 Å². The third kappa shape index (κ3) is 2.98. The molecule has 0 unspecified atom stereocenters. The zero-order valence-electron chi connectivity index (χ0n) is 12.6. The SMILES string of the molecule is O=C(NCc1ccncc1)c1n[nH]c2nc(NC(=O)C3CC3)sc12. The third-order valence-electron chi connectivity index (χ3n) is 3.71. The van der Waals surface area contributed by atoms with Gasteiger partial charge in [-0.15, -0.1) is 0 Å². The van der Waals surface area contributed by atoms with Crippen LogP contribution < -0.4 is 10.6 Å². The van der Waals surface area contributed by atoms with Crippen molar-refractivity contribution >= 4 is 38.6 Å². The molecule has 0 aromatic carbocycles. The topological polar surface area (TPSA) is 113 Å². The summed E-state index contributed by atoms with van der Waals surface area (Å²) < 4.78 is 0.633. The molecule has 3 aromatic rings. The predicted octanol–water partition coefficient (Wildman–Crippen LogP) is 1.69. The summed E-state index contributed by atoms with van der Waals surface area (Å²) in [5.74, 6) is -0.196. The van der Waals surface area contributed by atoms with Crippen molar-refractivity contribution in [3.63, 3.8) is 0 Å². The van der Waals surface area contributed by atoms with E-state index in [1.54, 1.807) is 12.4 Å². The first kappa shape index (κ1) is 14.8. The van der Waals surface area contributed by atoms with Crippen molar-refractivity contribution in [3.05, 3.63) is 35.8 Å². The molecule has 1 aliphatic carbocycles. The average molecular weight is 342 g/mol. The van der Waals surface area contributed by atoms with E-state index in [4.69, 9.17) is 0 Å². The molecule has 122 valence electrons. The molecule has 3 heterocycles. The summed E-state index contributed by atoms with van der Waals surface area (Å²) in [4.78, 5) is 32.3. The van der Waals surface area contributed by atoms with E-state index in [2.05, 4.69) is 30.8 Å². The molecule has 1 saturated carbocycles. The van der Waals surface area contributed by atoms with E-state index < -0.39 is 0 Å². The molecule has 0 bridgehead atoms. The highest BCUT2D eigenvalue weighted by atomic mass is 32.1. The highest BCUT2D eigenvalue weighted by molar-refractivity contribution is 7.22. The zero-order chi connectivity index (χ0) is 16.5. The molecule has 0 atom stereocenters. The molecule has 1 aliphatic rings. The van der Waals surface area contributed by atoms with Gasteiger partial charge in [-0.05, 0) is 30.5 Å². The molecule has 0 spiro atoms. The number of rotatable bonds is 5. The number of nitrogens with zero attached hydrogens (tertiary/aromatic N) is 3. The van der Waals surface area contributed by atoms with Gasteiger partial charge in [-0.25, -0.2) is 4.98 Å². The van der Waals surface area contributed by atoms with Crippen molar-refractivity contribution in [3.8, 4) is 0 Å². The number of carbonyl (C=O) groups excluding carboxylic acids is 2. The number of aromatic nitrogens is 4. The summed E-state index contributed by atoms with van der Waals surface area (Å²) in [5.41, 5.74) is 1.73. The van der Waals surface area contributed by atoms with Crippen molar-refractivity contribution in [1.29, 1.82) is 0 Å². The number of H-pyrrole nitrogens is 1. The second-order valence-corrected chi connectivity index (χ2v) is 6.57. The van der Waals surface area contributed by atoms with Gasteiger partial charge in [0.25, 0.3) is 5.91 Å². The molecule has 0 aliphatic heterocycles. The van der Waals surface area contributed by atoms with Gasteiger partial charge in [0.05, 0.1) is 0 Å². The van der Waals surface area contributed by atoms with E-state index in [0.717, 1.165) is 18.4 Å². The van der Waals surface area contributed by atoms with Crippen LogP contribution in [0.1, 0.15) is 28.9 Å². The minimum atomic E-state index is -0.290. The molecule has 0 radical (unpaired) electrons. The Hall–Kier alpha value is -2.81. The van der Waals surface area contributed by atoms with Crippen LogP contribution in [-0.4, -0.2) is 32.0 Å². The summed E-state index contributed by atoms with van der Waals surface area (Å²) >= 11 is 1.25. The third-order valence-corrected chi connectivity index (χ3v) is 4.69. The van der Waals surface area contributed by atoms with Crippen molar-refractivity contribution in [2.24, 2.45) is 5.92 Å². The van der Waals surface area contributed by atoms with Crippen LogP contribution in [0.25, 0.3) is 10.3 Å². The fourth-order valence-corrected chi connectivity index (χ4v) is 3.15. The van der Waals surface area contributed by atoms with Crippen molar-refractivity contribution in [2.45, 2.75) is 19.4 Å². The van der Waals surface area contributed by atoms with Crippen LogP contribution in [0.3, 0.4) is 0 Å². The molecule has 3 aromatic heterocycles. The lowest BCUT2D eigenvalue weighted by molar-refractivity contribution is -0.117. The molecule has 0 saturated heterocycles. The maximum Gasteiger partial charge on any atom is 0.273 e. The highest BCUT2D eigenvalue weighted by Gasteiger charge is 2.30. The summed E-state index contributed by atoms with van der Waals surface area (Å²) in [5, 5.41) is 12.8. The number of hydrogen-bond acceptors (Lipinski definition) is 6. The first-order valence-corrected chi connectivity index (χ1v) is 8.35. The Morgan fingerprint density at radius 1 is 1.29 bits per heavy atom. The number of anilines is 1. The fraction of sp³-hybridized carbons (Fsp3) is 0.267. The Labute approximate surface area is 140 Å². The molecule has 9 heteroatoms. The number of nitrogens with one attached hydrogen (secondary N) is 3. The van der Waals surface area contributed by atoms with Gasteiger partial charge >= 0.3 is 0 Å². The van der Waals surface area contributed by atoms with Gasteiger partial charge in [0.2, 0.25) is 5.91 Å². The molecular weight excluding hydrogens is 328 g/mol. The van der Waals surface area contributed by atoms with Crippen LogP contribution in [0.15, 0.2) is 24.5 Å². The number of thiazole rings is 1. The molecule has 3 N–H and O–H groups in total. The quantitative estimate of drug-likeness (QED) is 0.653. The molecular formula is C15H14N6O2S. The monoisotopic (exact) mass is 342 g/mol. The molecule has 2 amide bonds. The number of hydrogen-bond donors (Lipinski definition) is 3. The van der Waals surface area contributed by atoms with Gasteiger partial charge in [0.1, 0.15) is 4.70 Å². The van der Waals surface area contributed by atoms with E-state index in [1.807, 2.05) is 12.1 Å². The maximum absolute atomic E-state index is 12.3. The van der Waals surface area contributed by atoms with E-state index in [1.165, 1.54) is 11.3 Å². The average Bonchev–Trinajstić information content (AvgIpc) is 3.27. The Morgan fingerprint density at radius 3 is 2.83 bits per heavy atom. The lowest BCUT2D eigenvalue weighted by atomic mass is 10.2. The van der Waals surface area contributed by atoms with E-state index in [9.17, 15) is 9.59 Å². The number of pyridine rings is 1. The Bertz CT molecular complexity index is 899. The van der Waals surface area contributed by atoms with Crippen molar-refractivity contribution in [2.75, 3.05) is 5.32 Å². The first-order valence-electron chi connectivity index (χ1n) is 7.53. The standard InChI is InChI=1S/C15H14N6O2S/c22-13(9-1-2-9)19-15-18-12-11(24-15)10(20-21-12)14(23)17-7-8-3-5-16-6-4-8/h3-6,9H,1-2,7H2,(H,17,23)(H2,18,19,20,21,22). The van der Waals surface area contributed by atoms with E-state index >= 15 is 0 Å². The van der Waals surface area contributed by atoms with Crippen LogP contribution in [-0.2, 0) is 11.3 Å². The fourth-order valence-electron chi connectivity index (χ4n) is 2.24. The number of carbonyl (C=O) groups is 2. The minimum absolute atomic E-state index is 0.0111. The Morgan fingerprint density at radius 2 is 2.08 bits per heavy atom. The normalized spacial score (nSPS) is 13.8. The Kier molecular flexibility index (Phi) is 3.69. The maximum atomic E-state index is 12.3. The lowest BCUT2D eigenvalue weighted by Crippen LogP contribution is -2.23. The largest absolute Gasteiger partial charge is 0.347 e. The number of fused-ring (bicyclic) bond motifs is 1. The second-order valence-electron chi connectivity index (χ2n) is 5.57. The van der Waals surface area contributed by atoms with Crippen LogP contribution in [0, 0.1) is 5.92 Å². The van der Waals surface area contributed by atoms with E-state index in [0.29, 0.717) is 22.0 Å². The summed E-state index contributed by atoms with van der Waals surface area (Å²) in [6.45, 7) is 0.389. The molecule has 4 rings (SSSR count). The van der Waals surface area contributed by atoms with Crippen LogP contribution in [0.2, 0.25) is 0 Å². The van der Waals surface area contributed by atoms with Gasteiger partial charge in [0, 0.05) is 24.9 Å².